The zero-order chi connectivity index (χ0) is 12.9. The molecule has 0 amide bonds. The van der Waals surface area contributed by atoms with Crippen molar-refractivity contribution in [2.24, 2.45) is 5.92 Å². The quantitative estimate of drug-likeness (QED) is 0.640. The van der Waals surface area contributed by atoms with Crippen LogP contribution in [0.4, 0.5) is 5.82 Å². The summed E-state index contributed by atoms with van der Waals surface area (Å²) in [7, 11) is 0. The largest absolute Gasteiger partial charge is 0.390 e. The monoisotopic (exact) mass is 249 g/mol. The minimum Gasteiger partial charge on any atom is -0.390 e. The SMILES string of the molecule is C[C@@H]1C[C@H](n2cnc3c(N)ncnc32)[C@@H](O)[C@H]1O. The first-order valence-corrected chi connectivity index (χ1v) is 5.88. The predicted molar refractivity (Wildman–Crippen MR) is 64.6 cm³/mol. The summed E-state index contributed by atoms with van der Waals surface area (Å²) in [6.45, 7) is 1.91. The molecular formula is C11H15N5O2. The highest BCUT2D eigenvalue weighted by atomic mass is 16.3. The van der Waals surface area contributed by atoms with Gasteiger partial charge in [-0.2, -0.15) is 0 Å². The average Bonchev–Trinajstić information content (AvgIpc) is 2.88. The Balaban J connectivity index is 2.08. The van der Waals surface area contributed by atoms with Crippen LogP contribution in [0, 0.1) is 5.92 Å². The topological polar surface area (TPSA) is 110 Å². The maximum absolute atomic E-state index is 10.1. The van der Waals surface area contributed by atoms with E-state index in [4.69, 9.17) is 5.73 Å². The lowest BCUT2D eigenvalue weighted by Gasteiger charge is -2.18. The zero-order valence-electron chi connectivity index (χ0n) is 9.93. The highest BCUT2D eigenvalue weighted by molar-refractivity contribution is 5.81. The summed E-state index contributed by atoms with van der Waals surface area (Å²) in [5, 5.41) is 19.9. The van der Waals surface area contributed by atoms with Crippen molar-refractivity contribution in [1.29, 1.82) is 0 Å². The van der Waals surface area contributed by atoms with E-state index in [0.717, 1.165) is 0 Å². The van der Waals surface area contributed by atoms with Crippen molar-refractivity contribution in [3.63, 3.8) is 0 Å². The van der Waals surface area contributed by atoms with Gasteiger partial charge in [-0.3, -0.25) is 0 Å². The van der Waals surface area contributed by atoms with Gasteiger partial charge in [0.15, 0.2) is 11.5 Å². The van der Waals surface area contributed by atoms with Crippen LogP contribution in [-0.2, 0) is 0 Å². The fourth-order valence-corrected chi connectivity index (χ4v) is 2.61. The van der Waals surface area contributed by atoms with Crippen molar-refractivity contribution in [2.75, 3.05) is 5.73 Å². The van der Waals surface area contributed by atoms with Crippen molar-refractivity contribution in [3.8, 4) is 0 Å². The van der Waals surface area contributed by atoms with Crippen LogP contribution in [-0.4, -0.2) is 41.9 Å². The van der Waals surface area contributed by atoms with Gasteiger partial charge in [0.25, 0.3) is 0 Å². The predicted octanol–water partition coefficient (Wildman–Crippen LogP) is -0.289. The molecule has 18 heavy (non-hydrogen) atoms. The fraction of sp³-hybridized carbons (Fsp3) is 0.545. The molecule has 4 N–H and O–H groups in total. The Bertz CT molecular complexity index is 584. The number of imidazole rings is 1. The maximum atomic E-state index is 10.1. The second kappa shape index (κ2) is 3.89. The standard InChI is InChI=1S/C11H15N5O2/c1-5-2-6(9(18)8(5)17)16-4-15-7-10(12)13-3-14-11(7)16/h3-6,8-9,17-18H,2H2,1H3,(H2,12,13,14)/t5-,6+,8+,9-/m1/s1. The van der Waals surface area contributed by atoms with Gasteiger partial charge in [-0.25, -0.2) is 15.0 Å². The number of anilines is 1. The van der Waals surface area contributed by atoms with Gasteiger partial charge in [0, 0.05) is 0 Å². The molecule has 0 bridgehead atoms. The smallest absolute Gasteiger partial charge is 0.165 e. The summed E-state index contributed by atoms with van der Waals surface area (Å²) < 4.78 is 1.77. The fourth-order valence-electron chi connectivity index (χ4n) is 2.61. The molecule has 4 atom stereocenters. The highest BCUT2D eigenvalue weighted by Gasteiger charge is 2.40. The Morgan fingerprint density at radius 3 is 2.72 bits per heavy atom. The van der Waals surface area contributed by atoms with Crippen LogP contribution in [0.5, 0.6) is 0 Å². The van der Waals surface area contributed by atoms with Gasteiger partial charge in [0.05, 0.1) is 18.5 Å². The third kappa shape index (κ3) is 1.48. The molecule has 0 radical (unpaired) electrons. The van der Waals surface area contributed by atoms with E-state index in [-0.39, 0.29) is 12.0 Å². The van der Waals surface area contributed by atoms with E-state index in [1.807, 2.05) is 6.92 Å². The lowest BCUT2D eigenvalue weighted by Crippen LogP contribution is -2.28. The number of hydrogen-bond acceptors (Lipinski definition) is 6. The van der Waals surface area contributed by atoms with Gasteiger partial charge in [-0.05, 0) is 12.3 Å². The molecule has 0 saturated heterocycles. The number of nitrogens with two attached hydrogens (primary N) is 1. The molecule has 2 aromatic heterocycles. The van der Waals surface area contributed by atoms with Gasteiger partial charge >= 0.3 is 0 Å². The second-order valence-electron chi connectivity index (χ2n) is 4.84. The van der Waals surface area contributed by atoms with Crippen LogP contribution in [0.3, 0.4) is 0 Å². The van der Waals surface area contributed by atoms with E-state index >= 15 is 0 Å². The second-order valence-corrected chi connectivity index (χ2v) is 4.84. The summed E-state index contributed by atoms with van der Waals surface area (Å²) in [4.78, 5) is 12.2. The van der Waals surface area contributed by atoms with E-state index in [1.165, 1.54) is 6.33 Å². The third-order valence-corrected chi connectivity index (χ3v) is 3.68. The molecule has 0 aromatic carbocycles. The summed E-state index contributed by atoms with van der Waals surface area (Å²) in [6, 6.07) is -0.228. The number of nitrogen functional groups attached to an aromatic ring is 1. The van der Waals surface area contributed by atoms with Crippen LogP contribution < -0.4 is 5.73 Å². The molecule has 1 saturated carbocycles. The first-order valence-electron chi connectivity index (χ1n) is 5.88. The normalized spacial score (nSPS) is 32.2. The van der Waals surface area contributed by atoms with E-state index in [2.05, 4.69) is 15.0 Å². The summed E-state index contributed by atoms with van der Waals surface area (Å²) in [5.74, 6) is 0.362. The van der Waals surface area contributed by atoms with Crippen molar-refractivity contribution < 1.29 is 10.2 Å². The molecule has 0 spiro atoms. The molecule has 2 aromatic rings. The van der Waals surface area contributed by atoms with Crippen LogP contribution >= 0.6 is 0 Å². The number of rotatable bonds is 1. The lowest BCUT2D eigenvalue weighted by molar-refractivity contribution is 0.00964. The Morgan fingerprint density at radius 2 is 2.06 bits per heavy atom. The van der Waals surface area contributed by atoms with Crippen molar-refractivity contribution in [1.82, 2.24) is 19.5 Å². The van der Waals surface area contributed by atoms with E-state index in [1.54, 1.807) is 10.9 Å². The van der Waals surface area contributed by atoms with Crippen LogP contribution in [0.1, 0.15) is 19.4 Å². The molecule has 0 aliphatic heterocycles. The molecule has 3 rings (SSSR count). The summed E-state index contributed by atoms with van der Waals surface area (Å²) in [5.41, 5.74) is 6.84. The summed E-state index contributed by atoms with van der Waals surface area (Å²) in [6.07, 6.45) is 2.11. The van der Waals surface area contributed by atoms with E-state index < -0.39 is 12.2 Å². The van der Waals surface area contributed by atoms with Gasteiger partial charge in [0.2, 0.25) is 0 Å². The molecule has 96 valence electrons. The molecule has 7 nitrogen and oxygen atoms in total. The molecular weight excluding hydrogens is 234 g/mol. The van der Waals surface area contributed by atoms with Gasteiger partial charge in [-0.15, -0.1) is 0 Å². The lowest BCUT2D eigenvalue weighted by atomic mass is 10.1. The minimum absolute atomic E-state index is 0.0432. The Kier molecular flexibility index (Phi) is 2.46. The minimum atomic E-state index is -0.811. The van der Waals surface area contributed by atoms with Crippen molar-refractivity contribution in [2.45, 2.75) is 31.6 Å². The Labute approximate surface area is 103 Å². The van der Waals surface area contributed by atoms with Crippen LogP contribution in [0.2, 0.25) is 0 Å². The summed E-state index contributed by atoms with van der Waals surface area (Å²) >= 11 is 0. The number of aliphatic hydroxyl groups excluding tert-OH is 2. The number of aromatic nitrogens is 4. The third-order valence-electron chi connectivity index (χ3n) is 3.68. The van der Waals surface area contributed by atoms with E-state index in [0.29, 0.717) is 23.4 Å². The van der Waals surface area contributed by atoms with Gasteiger partial charge < -0.3 is 20.5 Å². The highest BCUT2D eigenvalue weighted by Crippen LogP contribution is 2.36. The Morgan fingerprint density at radius 1 is 1.28 bits per heavy atom. The first kappa shape index (κ1) is 11.4. The van der Waals surface area contributed by atoms with Crippen LogP contribution in [0.15, 0.2) is 12.7 Å². The van der Waals surface area contributed by atoms with Gasteiger partial charge in [0.1, 0.15) is 17.9 Å². The van der Waals surface area contributed by atoms with Crippen LogP contribution in [0.25, 0.3) is 11.2 Å². The number of fused-ring (bicyclic) bond motifs is 1. The Hall–Kier alpha value is -1.73. The first-order chi connectivity index (χ1) is 8.59. The zero-order valence-corrected chi connectivity index (χ0v) is 9.93. The number of nitrogens with zero attached hydrogens (tertiary/aromatic N) is 4. The molecule has 2 heterocycles. The molecule has 0 unspecified atom stereocenters. The van der Waals surface area contributed by atoms with Crippen molar-refractivity contribution >= 4 is 17.0 Å². The average molecular weight is 249 g/mol. The maximum Gasteiger partial charge on any atom is 0.165 e. The molecule has 1 fully saturated rings. The number of aliphatic hydroxyl groups is 2. The van der Waals surface area contributed by atoms with Crippen molar-refractivity contribution in [3.05, 3.63) is 12.7 Å². The molecule has 1 aliphatic rings. The van der Waals surface area contributed by atoms with Gasteiger partial charge in [-0.1, -0.05) is 6.92 Å². The van der Waals surface area contributed by atoms with E-state index in [9.17, 15) is 10.2 Å². The number of hydrogen-bond donors (Lipinski definition) is 3. The molecule has 7 heteroatoms. The molecule has 1 aliphatic carbocycles.